The van der Waals surface area contributed by atoms with Gasteiger partial charge in [-0.3, -0.25) is 0 Å². The molecule has 4 aromatic rings. The third-order valence-electron chi connectivity index (χ3n) is 4.28. The minimum atomic E-state index is 1.29. The van der Waals surface area contributed by atoms with Crippen molar-refractivity contribution in [2.75, 3.05) is 0 Å². The van der Waals surface area contributed by atoms with E-state index in [-0.39, 0.29) is 0 Å². The molecule has 0 unspecified atom stereocenters. The van der Waals surface area contributed by atoms with Gasteiger partial charge in [0.1, 0.15) is 0 Å². The van der Waals surface area contributed by atoms with E-state index in [1.54, 1.807) is 0 Å². The Labute approximate surface area is 124 Å². The van der Waals surface area contributed by atoms with Gasteiger partial charge in [0.05, 0.1) is 0 Å². The van der Waals surface area contributed by atoms with Crippen molar-refractivity contribution in [2.24, 2.45) is 0 Å². The molecule has 21 heavy (non-hydrogen) atoms. The zero-order valence-corrected chi connectivity index (χ0v) is 12.0. The van der Waals surface area contributed by atoms with Crippen LogP contribution < -0.4 is 0 Å². The Morgan fingerprint density at radius 1 is 0.476 bits per heavy atom. The smallest absolute Gasteiger partial charge is 0.0103 e. The molecule has 4 rings (SSSR count). The molecule has 0 spiro atoms. The van der Waals surface area contributed by atoms with Gasteiger partial charge in [-0.05, 0) is 45.2 Å². The van der Waals surface area contributed by atoms with Gasteiger partial charge < -0.3 is 0 Å². The van der Waals surface area contributed by atoms with Gasteiger partial charge in [-0.2, -0.15) is 0 Å². The lowest BCUT2D eigenvalue weighted by Gasteiger charge is -2.12. The van der Waals surface area contributed by atoms with E-state index in [2.05, 4.69) is 85.8 Å². The van der Waals surface area contributed by atoms with Gasteiger partial charge in [-0.15, -0.1) is 0 Å². The molecule has 0 N–H and O–H groups in total. The highest BCUT2D eigenvalue weighted by Gasteiger charge is 2.08. The maximum Gasteiger partial charge on any atom is -0.0103 e. The number of hydrogen-bond acceptors (Lipinski definition) is 0. The lowest BCUT2D eigenvalue weighted by molar-refractivity contribution is 1.52. The van der Waals surface area contributed by atoms with E-state index in [9.17, 15) is 0 Å². The summed E-state index contributed by atoms with van der Waals surface area (Å²) in [6.07, 6.45) is 0. The maximum absolute atomic E-state index is 2.25. The lowest BCUT2D eigenvalue weighted by Crippen LogP contribution is -1.87. The zero-order valence-electron chi connectivity index (χ0n) is 12.0. The predicted molar refractivity (Wildman–Crippen MR) is 91.6 cm³/mol. The summed E-state index contributed by atoms with van der Waals surface area (Å²) >= 11 is 0. The van der Waals surface area contributed by atoms with E-state index in [0.717, 1.165) is 0 Å². The molecular weight excluding hydrogens is 252 g/mol. The molecule has 0 radical (unpaired) electrons. The van der Waals surface area contributed by atoms with Crippen molar-refractivity contribution in [1.29, 1.82) is 0 Å². The van der Waals surface area contributed by atoms with Gasteiger partial charge in [0, 0.05) is 0 Å². The molecule has 0 bridgehead atoms. The average molecular weight is 268 g/mol. The minimum absolute atomic E-state index is 1.29. The Balaban J connectivity index is 2.07. The van der Waals surface area contributed by atoms with Crippen molar-refractivity contribution in [2.45, 2.75) is 6.92 Å². The summed E-state index contributed by atoms with van der Waals surface area (Å²) in [6, 6.07) is 28.2. The number of fused-ring (bicyclic) bond motifs is 2. The molecule has 0 nitrogen and oxygen atoms in total. The summed E-state index contributed by atoms with van der Waals surface area (Å²) < 4.78 is 0. The zero-order chi connectivity index (χ0) is 14.2. The van der Waals surface area contributed by atoms with Crippen molar-refractivity contribution in [3.8, 4) is 11.1 Å². The Hall–Kier alpha value is -2.60. The molecule has 0 fully saturated rings. The van der Waals surface area contributed by atoms with E-state index < -0.39 is 0 Å². The van der Waals surface area contributed by atoms with Gasteiger partial charge in [-0.1, -0.05) is 78.9 Å². The second-order valence-corrected chi connectivity index (χ2v) is 5.49. The Morgan fingerprint density at radius 3 is 1.90 bits per heavy atom. The van der Waals surface area contributed by atoms with Crippen LogP contribution in [0.15, 0.2) is 78.9 Å². The fraction of sp³-hybridized carbons (Fsp3) is 0.0476. The third-order valence-corrected chi connectivity index (χ3v) is 4.28. The first kappa shape index (κ1) is 12.2. The van der Waals surface area contributed by atoms with E-state index in [1.807, 2.05) is 0 Å². The molecule has 100 valence electrons. The molecule has 0 saturated heterocycles. The van der Waals surface area contributed by atoms with Crippen LogP contribution in [0.3, 0.4) is 0 Å². The van der Waals surface area contributed by atoms with Crippen LogP contribution in [0.1, 0.15) is 5.56 Å². The van der Waals surface area contributed by atoms with Gasteiger partial charge in [0.25, 0.3) is 0 Å². The van der Waals surface area contributed by atoms with Crippen LogP contribution in [0.4, 0.5) is 0 Å². The first-order chi connectivity index (χ1) is 10.3. The molecule has 0 aliphatic heterocycles. The fourth-order valence-electron chi connectivity index (χ4n) is 3.18. The van der Waals surface area contributed by atoms with Crippen molar-refractivity contribution in [1.82, 2.24) is 0 Å². The fourth-order valence-corrected chi connectivity index (χ4v) is 3.18. The average Bonchev–Trinajstić information content (AvgIpc) is 2.55. The predicted octanol–water partition coefficient (Wildman–Crippen LogP) is 5.97. The number of aryl methyl sites for hydroxylation is 1. The standard InChI is InChI=1S/C21H16/c1-15-18-10-4-2-8-17(18)13-14-19(15)21-12-6-9-16-7-3-5-11-20(16)21/h2-14H,1H3. The first-order valence-electron chi connectivity index (χ1n) is 7.31. The van der Waals surface area contributed by atoms with Crippen LogP contribution in [0.25, 0.3) is 32.7 Å². The molecule has 0 heteroatoms. The Kier molecular flexibility index (Phi) is 2.75. The highest BCUT2D eigenvalue weighted by molar-refractivity contribution is 6.00. The minimum Gasteiger partial charge on any atom is -0.0616 e. The highest BCUT2D eigenvalue weighted by atomic mass is 14.1. The second kappa shape index (κ2) is 4.75. The molecule has 4 aromatic carbocycles. The Morgan fingerprint density at radius 2 is 1.10 bits per heavy atom. The molecule has 0 amide bonds. The normalized spacial score (nSPS) is 11.1. The van der Waals surface area contributed by atoms with Crippen LogP contribution in [0, 0.1) is 6.92 Å². The van der Waals surface area contributed by atoms with Crippen molar-refractivity contribution in [3.63, 3.8) is 0 Å². The summed E-state index contributed by atoms with van der Waals surface area (Å²) in [5, 5.41) is 5.25. The van der Waals surface area contributed by atoms with Crippen LogP contribution in [-0.4, -0.2) is 0 Å². The molecule has 0 saturated carbocycles. The molecule has 0 atom stereocenters. The summed E-state index contributed by atoms with van der Waals surface area (Å²) in [6.45, 7) is 2.22. The number of hydrogen-bond donors (Lipinski definition) is 0. The van der Waals surface area contributed by atoms with Gasteiger partial charge in [-0.25, -0.2) is 0 Å². The molecule has 0 aliphatic carbocycles. The molecule has 0 aliphatic rings. The topological polar surface area (TPSA) is 0 Å². The Bertz CT molecular complexity index is 943. The highest BCUT2D eigenvalue weighted by Crippen LogP contribution is 2.34. The van der Waals surface area contributed by atoms with Crippen LogP contribution in [0.5, 0.6) is 0 Å². The summed E-state index contributed by atoms with van der Waals surface area (Å²) in [7, 11) is 0. The van der Waals surface area contributed by atoms with Gasteiger partial charge in [0.2, 0.25) is 0 Å². The van der Waals surface area contributed by atoms with Crippen LogP contribution >= 0.6 is 0 Å². The summed E-state index contributed by atoms with van der Waals surface area (Å²) in [5.41, 5.74) is 3.99. The van der Waals surface area contributed by atoms with Crippen molar-refractivity contribution < 1.29 is 0 Å². The van der Waals surface area contributed by atoms with Crippen LogP contribution in [-0.2, 0) is 0 Å². The lowest BCUT2D eigenvalue weighted by atomic mass is 9.92. The van der Waals surface area contributed by atoms with E-state index in [4.69, 9.17) is 0 Å². The van der Waals surface area contributed by atoms with E-state index in [1.165, 1.54) is 38.2 Å². The maximum atomic E-state index is 2.25. The van der Waals surface area contributed by atoms with Crippen molar-refractivity contribution in [3.05, 3.63) is 84.4 Å². The first-order valence-corrected chi connectivity index (χ1v) is 7.31. The monoisotopic (exact) mass is 268 g/mol. The second-order valence-electron chi connectivity index (χ2n) is 5.49. The SMILES string of the molecule is Cc1c(-c2cccc3ccccc23)ccc2ccccc12. The molecule has 0 heterocycles. The summed E-state index contributed by atoms with van der Waals surface area (Å²) in [5.74, 6) is 0. The van der Waals surface area contributed by atoms with E-state index in [0.29, 0.717) is 0 Å². The van der Waals surface area contributed by atoms with Crippen LogP contribution in [0.2, 0.25) is 0 Å². The number of rotatable bonds is 1. The third kappa shape index (κ3) is 1.92. The summed E-state index contributed by atoms with van der Waals surface area (Å²) in [4.78, 5) is 0. The van der Waals surface area contributed by atoms with E-state index >= 15 is 0 Å². The molecule has 0 aromatic heterocycles. The number of benzene rings is 4. The van der Waals surface area contributed by atoms with Gasteiger partial charge in [0.15, 0.2) is 0 Å². The quantitative estimate of drug-likeness (QED) is 0.399. The van der Waals surface area contributed by atoms with Crippen molar-refractivity contribution >= 4 is 21.5 Å². The molecular formula is C21H16. The van der Waals surface area contributed by atoms with Gasteiger partial charge >= 0.3 is 0 Å². The largest absolute Gasteiger partial charge is 0.0616 e.